The molecular weight excluding hydrogens is 997 g/mol. The molecule has 3 N–H and O–H groups in total. The minimum atomic E-state index is -0.0189. The summed E-state index contributed by atoms with van der Waals surface area (Å²) in [6.07, 6.45) is 21.2. The Morgan fingerprint density at radius 3 is 1.01 bits per heavy atom. The number of oxime groups is 3. The second-order valence-electron chi connectivity index (χ2n) is 20.0. The standard InChI is InChI=1S/3C19H24N4O3/c3*1-3-8-26-22-13(2)16-11-23(12-16)18(25)7-4-14-9-15-5-6-17(24)21-19(15)20-10-14/h3*4,7,9-10,16H,3,5-6,8,11-12H2,1-2H3,(H,20,21,24)/b7-4+,22-13+;2*7-4+,22-13-. The summed E-state index contributed by atoms with van der Waals surface area (Å²) in [4.78, 5) is 105. The molecule has 0 atom stereocenters. The molecule has 3 fully saturated rings. The smallest absolute Gasteiger partial charge is 0.246 e. The van der Waals surface area contributed by atoms with Crippen molar-refractivity contribution in [1.29, 1.82) is 0 Å². The summed E-state index contributed by atoms with van der Waals surface area (Å²) < 4.78 is 0. The summed E-state index contributed by atoms with van der Waals surface area (Å²) in [6, 6.07) is 5.89. The Morgan fingerprint density at radius 2 is 0.756 bits per heavy atom. The molecular formula is C57H72N12O9. The molecule has 9 rings (SSSR count). The maximum atomic E-state index is 12.2. The number of anilines is 3. The van der Waals surface area contributed by atoms with Crippen molar-refractivity contribution in [2.24, 2.45) is 33.2 Å². The van der Waals surface area contributed by atoms with E-state index in [-0.39, 0.29) is 53.2 Å². The van der Waals surface area contributed by atoms with Gasteiger partial charge in [0.05, 0.1) is 17.1 Å². The monoisotopic (exact) mass is 1070 g/mol. The maximum Gasteiger partial charge on any atom is 0.246 e. The lowest BCUT2D eigenvalue weighted by Gasteiger charge is -2.38. The van der Waals surface area contributed by atoms with Crippen LogP contribution < -0.4 is 16.0 Å². The SMILES string of the molecule is CCCO/N=C(/C)C1CN(C(=O)/C=C/c2cnc3c(c2)CCC(=O)N3)C1.CCCO/N=C(/C)C1CN(C(=O)/C=C/c2cnc3c(c2)CCC(=O)N3)C1.CCCO/N=C(\C)C1CN(C(=O)/C=C/c2cnc3c(c2)CCC(=O)N3)C1. The van der Waals surface area contributed by atoms with Gasteiger partial charge in [0.1, 0.15) is 37.3 Å². The van der Waals surface area contributed by atoms with Crippen molar-refractivity contribution in [1.82, 2.24) is 29.7 Å². The zero-order valence-corrected chi connectivity index (χ0v) is 45.6. The first-order valence-corrected chi connectivity index (χ1v) is 27.0. The van der Waals surface area contributed by atoms with Crippen LogP contribution in [-0.2, 0) is 62.5 Å². The highest BCUT2D eigenvalue weighted by atomic mass is 16.6. The summed E-state index contributed by atoms with van der Waals surface area (Å²) in [5.41, 5.74) is 8.39. The van der Waals surface area contributed by atoms with E-state index in [1.165, 1.54) is 0 Å². The Morgan fingerprint density at radius 1 is 0.487 bits per heavy atom. The first kappa shape index (κ1) is 57.6. The van der Waals surface area contributed by atoms with Gasteiger partial charge in [-0.1, -0.05) is 36.2 Å². The van der Waals surface area contributed by atoms with Crippen LogP contribution in [0.2, 0.25) is 0 Å². The number of likely N-dealkylation sites (tertiary alicyclic amines) is 3. The third-order valence-electron chi connectivity index (χ3n) is 13.7. The van der Waals surface area contributed by atoms with E-state index in [9.17, 15) is 28.8 Å². The van der Waals surface area contributed by atoms with Gasteiger partial charge in [-0.05, 0) is 129 Å². The molecule has 3 aromatic heterocycles. The van der Waals surface area contributed by atoms with Crippen LogP contribution in [0.4, 0.5) is 17.5 Å². The zero-order valence-electron chi connectivity index (χ0n) is 45.6. The first-order valence-electron chi connectivity index (χ1n) is 27.0. The van der Waals surface area contributed by atoms with Crippen molar-refractivity contribution in [3.63, 3.8) is 0 Å². The van der Waals surface area contributed by atoms with Gasteiger partial charge in [0, 0.05) is 113 Å². The van der Waals surface area contributed by atoms with Gasteiger partial charge >= 0.3 is 0 Å². The highest BCUT2D eigenvalue weighted by molar-refractivity contribution is 5.98. The number of carbonyl (C=O) groups excluding carboxylic acids is 6. The average Bonchev–Trinajstić information content (AvgIpc) is 3.39. The Hall–Kier alpha value is -8.10. The molecule has 78 heavy (non-hydrogen) atoms. The fraction of sp³-hybridized carbons (Fsp3) is 0.474. The van der Waals surface area contributed by atoms with Crippen molar-refractivity contribution in [2.75, 3.05) is 75.0 Å². The lowest BCUT2D eigenvalue weighted by Crippen LogP contribution is -2.52. The molecule has 0 aromatic carbocycles. The molecule has 6 aliphatic heterocycles. The molecule has 6 amide bonds. The normalized spacial score (nSPS) is 17.7. The van der Waals surface area contributed by atoms with Gasteiger partial charge in [-0.3, -0.25) is 28.8 Å². The minimum absolute atomic E-state index is 0.00488. The average molecular weight is 1070 g/mol. The summed E-state index contributed by atoms with van der Waals surface area (Å²) in [7, 11) is 0. The number of nitrogens with zero attached hydrogens (tertiary/aromatic N) is 9. The Kier molecular flexibility index (Phi) is 20.9. The van der Waals surface area contributed by atoms with Crippen LogP contribution in [0.15, 0.2) is 70.5 Å². The van der Waals surface area contributed by atoms with Gasteiger partial charge in [-0.15, -0.1) is 0 Å². The number of amides is 6. The van der Waals surface area contributed by atoms with Crippen molar-refractivity contribution in [2.45, 2.75) is 99.3 Å². The van der Waals surface area contributed by atoms with E-state index in [0.29, 0.717) is 115 Å². The van der Waals surface area contributed by atoms with Crippen molar-refractivity contribution in [3.05, 3.63) is 88.4 Å². The molecule has 0 saturated carbocycles. The lowest BCUT2D eigenvalue weighted by molar-refractivity contribution is -0.131. The third kappa shape index (κ3) is 16.5. The predicted molar refractivity (Wildman–Crippen MR) is 299 cm³/mol. The molecule has 0 unspecified atom stereocenters. The Bertz CT molecular complexity index is 2560. The van der Waals surface area contributed by atoms with Crippen LogP contribution in [0, 0.1) is 17.8 Å². The van der Waals surface area contributed by atoms with E-state index in [1.807, 2.05) is 59.7 Å². The molecule has 9 heterocycles. The summed E-state index contributed by atoms with van der Waals surface area (Å²) >= 11 is 0. The number of aryl methyl sites for hydroxylation is 3. The van der Waals surface area contributed by atoms with Crippen LogP contribution in [0.1, 0.15) is 113 Å². The van der Waals surface area contributed by atoms with Crippen LogP contribution in [0.5, 0.6) is 0 Å². The molecule has 414 valence electrons. The number of hydrogen-bond acceptors (Lipinski definition) is 15. The summed E-state index contributed by atoms with van der Waals surface area (Å²) in [5.74, 6) is 2.62. The molecule has 21 heteroatoms. The Balaban J connectivity index is 0.000000170. The number of fused-ring (bicyclic) bond motifs is 3. The molecule has 0 aliphatic carbocycles. The zero-order chi connectivity index (χ0) is 55.6. The van der Waals surface area contributed by atoms with Crippen LogP contribution in [-0.4, -0.2) is 141 Å². The molecule has 21 nitrogen and oxygen atoms in total. The minimum Gasteiger partial charge on any atom is -0.396 e. The fourth-order valence-electron chi connectivity index (χ4n) is 8.62. The van der Waals surface area contributed by atoms with Crippen LogP contribution >= 0.6 is 0 Å². The second-order valence-corrected chi connectivity index (χ2v) is 20.0. The highest BCUT2D eigenvalue weighted by Crippen LogP contribution is 2.26. The lowest BCUT2D eigenvalue weighted by atomic mass is 9.95. The molecule has 3 saturated heterocycles. The van der Waals surface area contributed by atoms with Gasteiger partial charge in [0.2, 0.25) is 35.4 Å². The number of pyridine rings is 3. The molecule has 0 spiro atoms. The number of aromatic nitrogens is 3. The number of nitrogens with one attached hydrogen (secondary N) is 3. The van der Waals surface area contributed by atoms with E-state index in [1.54, 1.807) is 69.7 Å². The number of carbonyl (C=O) groups is 6. The molecule has 3 aromatic rings. The van der Waals surface area contributed by atoms with Crippen LogP contribution in [0.25, 0.3) is 18.2 Å². The molecule has 6 aliphatic rings. The number of hydrogen-bond donors (Lipinski definition) is 3. The molecule has 0 radical (unpaired) electrons. The van der Waals surface area contributed by atoms with Gasteiger partial charge in [0.25, 0.3) is 0 Å². The van der Waals surface area contributed by atoms with E-state index in [0.717, 1.165) is 69.8 Å². The second kappa shape index (κ2) is 28.3. The number of rotatable bonds is 18. The van der Waals surface area contributed by atoms with E-state index < -0.39 is 0 Å². The van der Waals surface area contributed by atoms with Crippen LogP contribution in [0.3, 0.4) is 0 Å². The topological polar surface area (TPSA) is 252 Å². The van der Waals surface area contributed by atoms with Gasteiger partial charge in [-0.2, -0.15) is 0 Å². The van der Waals surface area contributed by atoms with Crippen molar-refractivity contribution < 1.29 is 43.3 Å². The molecule has 0 bridgehead atoms. The summed E-state index contributed by atoms with van der Waals surface area (Å²) in [5, 5.41) is 20.5. The first-order chi connectivity index (χ1) is 37.7. The van der Waals surface area contributed by atoms with E-state index in [2.05, 4.69) is 46.4 Å². The van der Waals surface area contributed by atoms with E-state index in [4.69, 9.17) is 14.5 Å². The van der Waals surface area contributed by atoms with Gasteiger partial charge in [0.15, 0.2) is 0 Å². The highest BCUT2D eigenvalue weighted by Gasteiger charge is 2.34. The summed E-state index contributed by atoms with van der Waals surface area (Å²) in [6.45, 7) is 17.8. The maximum absolute atomic E-state index is 12.2. The Labute approximate surface area is 455 Å². The van der Waals surface area contributed by atoms with Crippen molar-refractivity contribution >= 4 is 88.3 Å². The van der Waals surface area contributed by atoms with Crippen molar-refractivity contribution in [3.8, 4) is 0 Å². The fourth-order valence-corrected chi connectivity index (χ4v) is 8.62. The largest absolute Gasteiger partial charge is 0.396 e. The quantitative estimate of drug-likeness (QED) is 0.0520. The third-order valence-corrected chi connectivity index (χ3v) is 13.7. The van der Waals surface area contributed by atoms with Gasteiger partial charge < -0.3 is 45.2 Å². The predicted octanol–water partition coefficient (Wildman–Crippen LogP) is 6.72. The van der Waals surface area contributed by atoms with E-state index >= 15 is 0 Å². The van der Waals surface area contributed by atoms with Gasteiger partial charge in [-0.25, -0.2) is 15.0 Å².